The SMILES string of the molecule is c1cc2c3c(c1)-n1c4cccc5ccc6ccc(c1c6c54)B3n1c3ccccc3c3cccc-2c31. The number of hydrogen-bond acceptors (Lipinski definition) is 0. The molecule has 0 aliphatic carbocycles. The van der Waals surface area contributed by atoms with E-state index in [0.29, 0.717) is 0 Å². The molecule has 0 fully saturated rings. The van der Waals surface area contributed by atoms with Gasteiger partial charge in [-0.2, -0.15) is 0 Å². The Bertz CT molecular complexity index is 2230. The fraction of sp³-hybridized carbons (Fsp3) is 0. The van der Waals surface area contributed by atoms with Gasteiger partial charge in [-0.15, -0.1) is 0 Å². The Morgan fingerprint density at radius 3 is 2.23 bits per heavy atom. The molecule has 2 aliphatic heterocycles. The molecule has 0 saturated carbocycles. The molecule has 0 N–H and O–H groups in total. The van der Waals surface area contributed by atoms with E-state index in [4.69, 9.17) is 0 Å². The van der Waals surface area contributed by atoms with Gasteiger partial charge < -0.3 is 9.05 Å². The standard InChI is InChI=1S/C32H17BN2/c1-2-11-25-20(7-1)22-9-4-10-23-21-8-5-13-27-30(21)33(35(25)31(22)23)24-17-16-19-15-14-18-6-3-12-26-28(18)29(19)32(24)34(26)27/h1-17H. The zero-order chi connectivity index (χ0) is 22.4. The second-order valence-electron chi connectivity index (χ2n) is 10.1. The molecule has 10 rings (SSSR count). The van der Waals surface area contributed by atoms with Crippen LogP contribution in [-0.4, -0.2) is 15.9 Å². The van der Waals surface area contributed by atoms with E-state index in [-0.39, 0.29) is 6.85 Å². The third kappa shape index (κ3) is 1.70. The van der Waals surface area contributed by atoms with E-state index in [1.54, 1.807) is 0 Å². The molecule has 0 amide bonds. The molecule has 0 unspecified atom stereocenters. The van der Waals surface area contributed by atoms with Crippen molar-refractivity contribution in [2.24, 2.45) is 0 Å². The molecule has 2 aliphatic rings. The van der Waals surface area contributed by atoms with Crippen molar-refractivity contribution >= 4 is 72.2 Å². The van der Waals surface area contributed by atoms with E-state index < -0.39 is 0 Å². The number of aromatic nitrogens is 2. The summed E-state index contributed by atoms with van der Waals surface area (Å²) >= 11 is 0. The largest absolute Gasteiger partial charge is 0.375 e. The highest BCUT2D eigenvalue weighted by Gasteiger charge is 2.41. The van der Waals surface area contributed by atoms with Crippen LogP contribution in [0.5, 0.6) is 0 Å². The van der Waals surface area contributed by atoms with Crippen LogP contribution in [0, 0.1) is 0 Å². The maximum Gasteiger partial charge on any atom is 0.333 e. The van der Waals surface area contributed by atoms with E-state index in [9.17, 15) is 0 Å². The van der Waals surface area contributed by atoms with Gasteiger partial charge in [0, 0.05) is 43.8 Å². The Morgan fingerprint density at radius 2 is 1.26 bits per heavy atom. The number of nitrogens with zero attached hydrogens (tertiary/aromatic N) is 2. The molecule has 4 heterocycles. The van der Waals surface area contributed by atoms with Crippen LogP contribution in [0.2, 0.25) is 0 Å². The highest BCUT2D eigenvalue weighted by atomic mass is 15.0. The monoisotopic (exact) mass is 440 g/mol. The summed E-state index contributed by atoms with van der Waals surface area (Å²) in [5.41, 5.74) is 12.2. The van der Waals surface area contributed by atoms with Crippen LogP contribution in [0.25, 0.3) is 71.2 Å². The molecule has 0 radical (unpaired) electrons. The van der Waals surface area contributed by atoms with Crippen LogP contribution >= 0.6 is 0 Å². The first-order valence-electron chi connectivity index (χ1n) is 12.3. The van der Waals surface area contributed by atoms with Gasteiger partial charge in [0.2, 0.25) is 0 Å². The predicted octanol–water partition coefficient (Wildman–Crippen LogP) is 6.43. The average molecular weight is 440 g/mol. The Kier molecular flexibility index (Phi) is 2.64. The summed E-state index contributed by atoms with van der Waals surface area (Å²) in [7, 11) is 0. The minimum absolute atomic E-state index is 0.152. The molecule has 35 heavy (non-hydrogen) atoms. The maximum absolute atomic E-state index is 2.63. The molecule has 0 bridgehead atoms. The first kappa shape index (κ1) is 17.0. The minimum atomic E-state index is 0.152. The lowest BCUT2D eigenvalue weighted by Crippen LogP contribution is -2.55. The number of fused-ring (bicyclic) bond motifs is 8. The Hall–Kier alpha value is -4.50. The van der Waals surface area contributed by atoms with Crippen molar-refractivity contribution in [1.29, 1.82) is 0 Å². The molecule has 0 saturated heterocycles. The van der Waals surface area contributed by atoms with Crippen molar-refractivity contribution in [2.45, 2.75) is 0 Å². The number of hydrogen-bond donors (Lipinski definition) is 0. The topological polar surface area (TPSA) is 9.86 Å². The fourth-order valence-corrected chi connectivity index (χ4v) is 7.42. The highest BCUT2D eigenvalue weighted by Crippen LogP contribution is 2.44. The zero-order valence-electron chi connectivity index (χ0n) is 18.8. The summed E-state index contributed by atoms with van der Waals surface area (Å²) < 4.78 is 5.18. The van der Waals surface area contributed by atoms with Crippen molar-refractivity contribution < 1.29 is 0 Å². The Morgan fingerprint density at radius 1 is 0.514 bits per heavy atom. The van der Waals surface area contributed by atoms with Crippen molar-refractivity contribution in [3.63, 3.8) is 0 Å². The van der Waals surface area contributed by atoms with Gasteiger partial charge in [-0.3, -0.25) is 0 Å². The van der Waals surface area contributed by atoms with Gasteiger partial charge in [-0.05, 0) is 45.5 Å². The first-order valence-corrected chi connectivity index (χ1v) is 12.3. The van der Waals surface area contributed by atoms with Crippen molar-refractivity contribution in [3.05, 3.63) is 103 Å². The van der Waals surface area contributed by atoms with Gasteiger partial charge >= 0.3 is 6.85 Å². The van der Waals surface area contributed by atoms with Crippen LogP contribution in [0.15, 0.2) is 103 Å². The van der Waals surface area contributed by atoms with Crippen molar-refractivity contribution in [2.75, 3.05) is 0 Å². The van der Waals surface area contributed by atoms with Crippen molar-refractivity contribution in [3.8, 4) is 16.8 Å². The summed E-state index contributed by atoms with van der Waals surface area (Å²) in [6.07, 6.45) is 0. The molecule has 158 valence electrons. The molecule has 8 aromatic rings. The molecule has 2 aromatic heterocycles. The van der Waals surface area contributed by atoms with Gasteiger partial charge in [0.15, 0.2) is 0 Å². The van der Waals surface area contributed by atoms with Crippen LogP contribution in [0.4, 0.5) is 0 Å². The Balaban J connectivity index is 1.53. The Labute approximate surface area is 201 Å². The average Bonchev–Trinajstić information content (AvgIpc) is 3.44. The summed E-state index contributed by atoms with van der Waals surface area (Å²) in [5, 5.41) is 8.11. The van der Waals surface area contributed by atoms with E-state index in [2.05, 4.69) is 112 Å². The smallest absolute Gasteiger partial charge is 0.333 e. The molecule has 0 atom stereocenters. The number of benzene rings is 6. The van der Waals surface area contributed by atoms with E-state index in [0.717, 1.165) is 0 Å². The number of para-hydroxylation sites is 2. The molecular weight excluding hydrogens is 423 g/mol. The quantitative estimate of drug-likeness (QED) is 0.190. The lowest BCUT2D eigenvalue weighted by molar-refractivity contribution is 1.18. The van der Waals surface area contributed by atoms with Crippen LogP contribution in [0.3, 0.4) is 0 Å². The predicted molar refractivity (Wildman–Crippen MR) is 148 cm³/mol. The second-order valence-corrected chi connectivity index (χ2v) is 10.1. The summed E-state index contributed by atoms with van der Waals surface area (Å²) in [4.78, 5) is 0. The molecule has 3 heteroatoms. The van der Waals surface area contributed by atoms with E-state index in [1.165, 1.54) is 82.1 Å². The normalized spacial score (nSPS) is 13.7. The highest BCUT2D eigenvalue weighted by molar-refractivity contribution is 6.90. The van der Waals surface area contributed by atoms with E-state index in [1.807, 2.05) is 0 Å². The lowest BCUT2D eigenvalue weighted by Gasteiger charge is -2.33. The van der Waals surface area contributed by atoms with Crippen molar-refractivity contribution in [1.82, 2.24) is 9.05 Å². The maximum atomic E-state index is 2.63. The molecule has 6 aromatic carbocycles. The summed E-state index contributed by atoms with van der Waals surface area (Å²) in [6.45, 7) is 0.152. The summed E-state index contributed by atoms with van der Waals surface area (Å²) in [6, 6.07) is 38.7. The minimum Gasteiger partial charge on any atom is -0.375 e. The first-order chi connectivity index (χ1) is 17.4. The third-order valence-electron chi connectivity index (χ3n) is 8.64. The van der Waals surface area contributed by atoms with E-state index >= 15 is 0 Å². The lowest BCUT2D eigenvalue weighted by atomic mass is 9.45. The van der Waals surface area contributed by atoms with Crippen LogP contribution in [0.1, 0.15) is 0 Å². The van der Waals surface area contributed by atoms with Gasteiger partial charge in [0.1, 0.15) is 0 Å². The third-order valence-corrected chi connectivity index (χ3v) is 8.64. The molecule has 0 spiro atoms. The van der Waals surface area contributed by atoms with Crippen LogP contribution < -0.4 is 10.9 Å². The van der Waals surface area contributed by atoms with Gasteiger partial charge in [-0.25, -0.2) is 0 Å². The zero-order valence-corrected chi connectivity index (χ0v) is 18.8. The number of rotatable bonds is 0. The van der Waals surface area contributed by atoms with Gasteiger partial charge in [-0.1, -0.05) is 84.9 Å². The summed E-state index contributed by atoms with van der Waals surface area (Å²) in [5.74, 6) is 0. The van der Waals surface area contributed by atoms with Crippen LogP contribution in [-0.2, 0) is 0 Å². The fourth-order valence-electron chi connectivity index (χ4n) is 7.42. The molecule has 2 nitrogen and oxygen atoms in total. The second kappa shape index (κ2) is 5.42. The van der Waals surface area contributed by atoms with Gasteiger partial charge in [0.25, 0.3) is 0 Å². The molecular formula is C32H17BN2. The van der Waals surface area contributed by atoms with Gasteiger partial charge in [0.05, 0.1) is 11.0 Å².